The number of carbonyl (C=O) groups excluding carboxylic acids is 1. The van der Waals surface area contributed by atoms with Crippen LogP contribution in [-0.2, 0) is 13.0 Å². The summed E-state index contributed by atoms with van der Waals surface area (Å²) in [5, 5.41) is 3.12. The van der Waals surface area contributed by atoms with E-state index in [0.717, 1.165) is 30.8 Å². The van der Waals surface area contributed by atoms with Crippen LogP contribution in [0.2, 0.25) is 0 Å². The summed E-state index contributed by atoms with van der Waals surface area (Å²) >= 11 is 1.78. The average molecular weight is 367 g/mol. The minimum Gasteiger partial charge on any atom is -0.350 e. The molecule has 1 atom stereocenters. The summed E-state index contributed by atoms with van der Waals surface area (Å²) in [6.45, 7) is 8.39. The van der Waals surface area contributed by atoms with Crippen LogP contribution in [0.15, 0.2) is 66.1 Å². The first-order valence-electron chi connectivity index (χ1n) is 9.14. The Morgan fingerprint density at radius 3 is 2.65 bits per heavy atom. The molecule has 0 fully saturated rings. The SMILES string of the molecule is C=CCN1Cc2ccccc2CC1CNC(=O)c1ccc(SCC)cc1. The van der Waals surface area contributed by atoms with Gasteiger partial charge in [0.1, 0.15) is 0 Å². The highest BCUT2D eigenvalue weighted by Crippen LogP contribution is 2.23. The number of fused-ring (bicyclic) bond motifs is 1. The van der Waals surface area contributed by atoms with Crippen molar-refractivity contribution in [2.45, 2.75) is 30.8 Å². The molecule has 1 amide bonds. The summed E-state index contributed by atoms with van der Waals surface area (Å²) in [6, 6.07) is 16.7. The van der Waals surface area contributed by atoms with E-state index in [1.807, 2.05) is 30.3 Å². The van der Waals surface area contributed by atoms with Crippen LogP contribution < -0.4 is 5.32 Å². The smallest absolute Gasteiger partial charge is 0.251 e. The van der Waals surface area contributed by atoms with Crippen LogP contribution in [-0.4, -0.2) is 35.7 Å². The fourth-order valence-corrected chi connectivity index (χ4v) is 4.07. The lowest BCUT2D eigenvalue weighted by molar-refractivity contribution is 0.0930. The van der Waals surface area contributed by atoms with Gasteiger partial charge in [0.15, 0.2) is 0 Å². The van der Waals surface area contributed by atoms with Crippen molar-refractivity contribution >= 4 is 17.7 Å². The van der Waals surface area contributed by atoms with Crippen molar-refractivity contribution in [3.63, 3.8) is 0 Å². The summed E-state index contributed by atoms with van der Waals surface area (Å²) in [5.74, 6) is 1.03. The molecule has 2 aromatic rings. The highest BCUT2D eigenvalue weighted by atomic mass is 32.2. The minimum atomic E-state index is -0.00420. The van der Waals surface area contributed by atoms with E-state index in [0.29, 0.717) is 12.6 Å². The normalized spacial score (nSPS) is 16.7. The van der Waals surface area contributed by atoms with Gasteiger partial charge in [-0.15, -0.1) is 18.3 Å². The highest BCUT2D eigenvalue weighted by molar-refractivity contribution is 7.99. The average Bonchev–Trinajstić information content (AvgIpc) is 2.67. The van der Waals surface area contributed by atoms with Crippen LogP contribution in [0.25, 0.3) is 0 Å². The number of nitrogens with one attached hydrogen (secondary N) is 1. The Kier molecular flexibility index (Phi) is 6.53. The number of carbonyl (C=O) groups is 1. The zero-order valence-corrected chi connectivity index (χ0v) is 16.1. The van der Waals surface area contributed by atoms with Gasteiger partial charge in [-0.3, -0.25) is 9.69 Å². The van der Waals surface area contributed by atoms with Gasteiger partial charge in [-0.25, -0.2) is 0 Å². The maximum absolute atomic E-state index is 12.5. The van der Waals surface area contributed by atoms with Gasteiger partial charge in [-0.2, -0.15) is 0 Å². The Morgan fingerprint density at radius 1 is 1.23 bits per heavy atom. The maximum atomic E-state index is 12.5. The second-order valence-corrected chi connectivity index (χ2v) is 7.85. The van der Waals surface area contributed by atoms with E-state index in [1.54, 1.807) is 11.8 Å². The van der Waals surface area contributed by atoms with Gasteiger partial charge >= 0.3 is 0 Å². The van der Waals surface area contributed by atoms with E-state index in [9.17, 15) is 4.79 Å². The largest absolute Gasteiger partial charge is 0.350 e. The molecule has 3 nitrogen and oxygen atoms in total. The number of amides is 1. The van der Waals surface area contributed by atoms with Crippen LogP contribution in [0.5, 0.6) is 0 Å². The molecular formula is C22H26N2OS. The van der Waals surface area contributed by atoms with Gasteiger partial charge in [0.2, 0.25) is 0 Å². The van der Waals surface area contributed by atoms with Crippen LogP contribution in [0.4, 0.5) is 0 Å². The maximum Gasteiger partial charge on any atom is 0.251 e. The topological polar surface area (TPSA) is 32.3 Å². The van der Waals surface area contributed by atoms with Gasteiger partial charge in [0.25, 0.3) is 5.91 Å². The Labute approximate surface area is 160 Å². The Balaban J connectivity index is 1.63. The number of thioether (sulfide) groups is 1. The quantitative estimate of drug-likeness (QED) is 0.590. The van der Waals surface area contributed by atoms with Gasteiger partial charge < -0.3 is 5.32 Å². The molecule has 0 radical (unpaired) electrons. The Morgan fingerprint density at radius 2 is 1.96 bits per heavy atom. The number of hydrogen-bond donors (Lipinski definition) is 1. The molecule has 1 N–H and O–H groups in total. The second-order valence-electron chi connectivity index (χ2n) is 6.51. The molecule has 3 rings (SSSR count). The molecule has 1 aliphatic heterocycles. The summed E-state index contributed by atoms with van der Waals surface area (Å²) in [7, 11) is 0. The summed E-state index contributed by atoms with van der Waals surface area (Å²) in [4.78, 5) is 16.1. The van der Waals surface area contributed by atoms with Crippen molar-refractivity contribution in [2.75, 3.05) is 18.8 Å². The summed E-state index contributed by atoms with van der Waals surface area (Å²) < 4.78 is 0. The molecule has 0 saturated heterocycles. The van der Waals surface area contributed by atoms with Crippen LogP contribution in [0.3, 0.4) is 0 Å². The molecule has 0 aromatic heterocycles. The van der Waals surface area contributed by atoms with Gasteiger partial charge in [-0.05, 0) is 47.6 Å². The monoisotopic (exact) mass is 366 g/mol. The van der Waals surface area contributed by atoms with E-state index in [-0.39, 0.29) is 5.91 Å². The predicted octanol–water partition coefficient (Wildman–Crippen LogP) is 4.14. The van der Waals surface area contributed by atoms with Crippen molar-refractivity contribution in [3.05, 3.63) is 77.9 Å². The molecule has 1 unspecified atom stereocenters. The molecule has 26 heavy (non-hydrogen) atoms. The van der Waals surface area contributed by atoms with Crippen LogP contribution in [0.1, 0.15) is 28.4 Å². The van der Waals surface area contributed by atoms with E-state index >= 15 is 0 Å². The third-order valence-electron chi connectivity index (χ3n) is 4.75. The van der Waals surface area contributed by atoms with Gasteiger partial charge in [0.05, 0.1) is 0 Å². The molecule has 2 aromatic carbocycles. The van der Waals surface area contributed by atoms with E-state index in [1.165, 1.54) is 16.0 Å². The predicted molar refractivity (Wildman–Crippen MR) is 110 cm³/mol. The van der Waals surface area contributed by atoms with Gasteiger partial charge in [0, 0.05) is 36.1 Å². The molecule has 4 heteroatoms. The lowest BCUT2D eigenvalue weighted by Gasteiger charge is -2.36. The first kappa shape index (κ1) is 18.7. The zero-order chi connectivity index (χ0) is 18.4. The fraction of sp³-hybridized carbons (Fsp3) is 0.318. The molecule has 1 heterocycles. The van der Waals surface area contributed by atoms with Crippen molar-refractivity contribution in [1.29, 1.82) is 0 Å². The van der Waals surface area contributed by atoms with Crippen molar-refractivity contribution in [3.8, 4) is 0 Å². The Hall–Kier alpha value is -2.04. The number of hydrogen-bond acceptors (Lipinski definition) is 3. The molecule has 0 saturated carbocycles. The summed E-state index contributed by atoms with van der Waals surface area (Å²) in [6.07, 6.45) is 2.89. The number of benzene rings is 2. The third-order valence-corrected chi connectivity index (χ3v) is 5.65. The lowest BCUT2D eigenvalue weighted by Crippen LogP contribution is -2.47. The van der Waals surface area contributed by atoms with E-state index in [4.69, 9.17) is 0 Å². The first-order chi connectivity index (χ1) is 12.7. The van der Waals surface area contributed by atoms with Crippen LogP contribution >= 0.6 is 11.8 Å². The minimum absolute atomic E-state index is 0.00420. The summed E-state index contributed by atoms with van der Waals surface area (Å²) in [5.41, 5.74) is 3.48. The van der Waals surface area contributed by atoms with Crippen molar-refractivity contribution < 1.29 is 4.79 Å². The number of rotatable bonds is 7. The van der Waals surface area contributed by atoms with E-state index in [2.05, 4.69) is 48.0 Å². The molecular weight excluding hydrogens is 340 g/mol. The molecule has 0 bridgehead atoms. The van der Waals surface area contributed by atoms with Crippen molar-refractivity contribution in [1.82, 2.24) is 10.2 Å². The standard InChI is InChI=1S/C22H26N2OS/c1-3-13-24-16-19-8-6-5-7-18(19)14-20(24)15-23-22(25)17-9-11-21(12-10-17)26-4-2/h3,5-12,20H,1,4,13-16H2,2H3,(H,23,25). The lowest BCUT2D eigenvalue weighted by atomic mass is 9.94. The zero-order valence-electron chi connectivity index (χ0n) is 15.3. The molecule has 1 aliphatic rings. The van der Waals surface area contributed by atoms with Gasteiger partial charge in [-0.1, -0.05) is 37.3 Å². The fourth-order valence-electron chi connectivity index (χ4n) is 3.40. The first-order valence-corrected chi connectivity index (χ1v) is 10.1. The molecule has 0 aliphatic carbocycles. The van der Waals surface area contributed by atoms with E-state index < -0.39 is 0 Å². The van der Waals surface area contributed by atoms with Crippen LogP contribution in [0, 0.1) is 0 Å². The highest BCUT2D eigenvalue weighted by Gasteiger charge is 2.25. The molecule has 136 valence electrons. The Bertz CT molecular complexity index is 757. The number of nitrogens with zero attached hydrogens (tertiary/aromatic N) is 1. The second kappa shape index (κ2) is 9.06. The third kappa shape index (κ3) is 4.57. The van der Waals surface area contributed by atoms with Crippen molar-refractivity contribution in [2.24, 2.45) is 0 Å². The molecule has 0 spiro atoms.